The molecule has 2 fully saturated rings. The number of rotatable bonds is 2. The number of ether oxygens (including phenoxy) is 1. The Kier molecular flexibility index (Phi) is 4.40. The average molecular weight is 307 g/mol. The molecule has 1 saturated heterocycles. The SMILES string of the molecule is COC(=O)C1CS(=O)C2CC(c3ccccc3)CCC2N1. The van der Waals surface area contributed by atoms with E-state index < -0.39 is 16.8 Å². The highest BCUT2D eigenvalue weighted by Crippen LogP contribution is 2.36. The van der Waals surface area contributed by atoms with E-state index in [1.54, 1.807) is 0 Å². The average Bonchev–Trinajstić information content (AvgIpc) is 2.54. The van der Waals surface area contributed by atoms with Gasteiger partial charge in [0, 0.05) is 22.6 Å². The topological polar surface area (TPSA) is 55.4 Å². The molecular weight excluding hydrogens is 286 g/mol. The molecule has 0 bridgehead atoms. The number of esters is 1. The molecule has 3 rings (SSSR count). The van der Waals surface area contributed by atoms with Crippen molar-refractivity contribution in [3.8, 4) is 0 Å². The van der Waals surface area contributed by atoms with Gasteiger partial charge in [0.2, 0.25) is 0 Å². The Morgan fingerprint density at radius 3 is 2.76 bits per heavy atom. The first-order valence-electron chi connectivity index (χ1n) is 7.45. The highest BCUT2D eigenvalue weighted by Gasteiger charge is 2.42. The van der Waals surface area contributed by atoms with Gasteiger partial charge in [-0.15, -0.1) is 0 Å². The van der Waals surface area contributed by atoms with E-state index in [4.69, 9.17) is 4.74 Å². The Balaban J connectivity index is 1.70. The first-order valence-corrected chi connectivity index (χ1v) is 8.83. The summed E-state index contributed by atoms with van der Waals surface area (Å²) in [6, 6.07) is 10.2. The van der Waals surface area contributed by atoms with Gasteiger partial charge < -0.3 is 4.74 Å². The zero-order valence-corrected chi connectivity index (χ0v) is 13.0. The molecule has 0 radical (unpaired) electrons. The van der Waals surface area contributed by atoms with Gasteiger partial charge in [-0.1, -0.05) is 30.3 Å². The van der Waals surface area contributed by atoms with Crippen LogP contribution in [0.15, 0.2) is 30.3 Å². The zero-order chi connectivity index (χ0) is 14.8. The summed E-state index contributed by atoms with van der Waals surface area (Å²) in [6.07, 6.45) is 2.97. The number of methoxy groups -OCH3 is 1. The van der Waals surface area contributed by atoms with Crippen LogP contribution < -0.4 is 5.32 Å². The Morgan fingerprint density at radius 1 is 1.29 bits per heavy atom. The van der Waals surface area contributed by atoms with Crippen molar-refractivity contribution in [2.24, 2.45) is 0 Å². The van der Waals surface area contributed by atoms with Gasteiger partial charge in [-0.3, -0.25) is 14.3 Å². The van der Waals surface area contributed by atoms with E-state index in [1.165, 1.54) is 12.7 Å². The summed E-state index contributed by atoms with van der Waals surface area (Å²) in [5.74, 6) is 0.551. The van der Waals surface area contributed by atoms with Crippen molar-refractivity contribution in [3.63, 3.8) is 0 Å². The number of carbonyl (C=O) groups excluding carboxylic acids is 1. The van der Waals surface area contributed by atoms with E-state index >= 15 is 0 Å². The van der Waals surface area contributed by atoms with E-state index in [-0.39, 0.29) is 17.3 Å². The fourth-order valence-corrected chi connectivity index (χ4v) is 5.35. The van der Waals surface area contributed by atoms with Gasteiger partial charge in [0.05, 0.1) is 12.4 Å². The van der Waals surface area contributed by atoms with Crippen LogP contribution >= 0.6 is 0 Å². The summed E-state index contributed by atoms with van der Waals surface area (Å²) >= 11 is 0. The Hall–Kier alpha value is -1.20. The normalized spacial score (nSPS) is 35.8. The second-order valence-electron chi connectivity index (χ2n) is 5.86. The molecule has 1 aromatic carbocycles. The lowest BCUT2D eigenvalue weighted by Crippen LogP contribution is -2.59. The maximum atomic E-state index is 12.5. The van der Waals surface area contributed by atoms with Crippen LogP contribution in [0.25, 0.3) is 0 Å². The number of carbonyl (C=O) groups is 1. The van der Waals surface area contributed by atoms with Crippen LogP contribution in [0.4, 0.5) is 0 Å². The maximum Gasteiger partial charge on any atom is 0.323 e. The number of nitrogens with one attached hydrogen (secondary N) is 1. The molecule has 0 aromatic heterocycles. The van der Waals surface area contributed by atoms with Crippen molar-refractivity contribution in [1.29, 1.82) is 0 Å². The first-order chi connectivity index (χ1) is 10.2. The van der Waals surface area contributed by atoms with Crippen molar-refractivity contribution in [3.05, 3.63) is 35.9 Å². The summed E-state index contributed by atoms with van der Waals surface area (Å²) in [6.45, 7) is 0. The van der Waals surface area contributed by atoms with E-state index in [0.29, 0.717) is 11.7 Å². The predicted octanol–water partition coefficient (Wildman–Crippen LogP) is 1.58. The summed E-state index contributed by atoms with van der Waals surface area (Å²) in [5, 5.41) is 3.48. The van der Waals surface area contributed by atoms with Crippen molar-refractivity contribution in [2.75, 3.05) is 12.9 Å². The number of hydrogen-bond donors (Lipinski definition) is 1. The van der Waals surface area contributed by atoms with Crippen LogP contribution in [-0.2, 0) is 20.3 Å². The van der Waals surface area contributed by atoms with Crippen molar-refractivity contribution < 1.29 is 13.7 Å². The number of fused-ring (bicyclic) bond motifs is 1. The first kappa shape index (κ1) is 14.7. The molecule has 5 atom stereocenters. The van der Waals surface area contributed by atoms with Gasteiger partial charge in [0.1, 0.15) is 6.04 Å². The van der Waals surface area contributed by atoms with Gasteiger partial charge in [-0.2, -0.15) is 0 Å². The fraction of sp³-hybridized carbons (Fsp3) is 0.562. The molecule has 1 aliphatic heterocycles. The number of hydrogen-bond acceptors (Lipinski definition) is 4. The Labute approximate surface area is 127 Å². The fourth-order valence-electron chi connectivity index (χ4n) is 3.51. The summed E-state index contributed by atoms with van der Waals surface area (Å²) in [4.78, 5) is 11.7. The van der Waals surface area contributed by atoms with Crippen LogP contribution in [0.2, 0.25) is 0 Å². The smallest absolute Gasteiger partial charge is 0.323 e. The van der Waals surface area contributed by atoms with Gasteiger partial charge in [0.15, 0.2) is 0 Å². The zero-order valence-electron chi connectivity index (χ0n) is 12.2. The second kappa shape index (κ2) is 6.28. The molecule has 1 heterocycles. The van der Waals surface area contributed by atoms with E-state index in [0.717, 1.165) is 19.3 Å². The Bertz CT molecular complexity index is 534. The molecule has 5 unspecified atom stereocenters. The minimum atomic E-state index is -0.967. The molecule has 1 N–H and O–H groups in total. The van der Waals surface area contributed by atoms with Crippen LogP contribution in [0.1, 0.15) is 30.7 Å². The van der Waals surface area contributed by atoms with Crippen molar-refractivity contribution in [1.82, 2.24) is 5.32 Å². The third-order valence-corrected chi connectivity index (χ3v) is 6.49. The van der Waals surface area contributed by atoms with Crippen LogP contribution in [0.5, 0.6) is 0 Å². The molecule has 114 valence electrons. The highest BCUT2D eigenvalue weighted by atomic mass is 32.2. The largest absolute Gasteiger partial charge is 0.468 e. The monoisotopic (exact) mass is 307 g/mol. The minimum Gasteiger partial charge on any atom is -0.468 e. The van der Waals surface area contributed by atoms with Crippen LogP contribution in [0, 0.1) is 0 Å². The van der Waals surface area contributed by atoms with Crippen LogP contribution in [-0.4, -0.2) is 40.4 Å². The molecule has 2 aliphatic rings. The highest BCUT2D eigenvalue weighted by molar-refractivity contribution is 7.85. The molecule has 1 aliphatic carbocycles. The molecular formula is C16H21NO3S. The molecule has 4 nitrogen and oxygen atoms in total. The predicted molar refractivity (Wildman–Crippen MR) is 82.6 cm³/mol. The third kappa shape index (κ3) is 3.04. The molecule has 5 heteroatoms. The van der Waals surface area contributed by atoms with E-state index in [1.807, 2.05) is 6.07 Å². The lowest BCUT2D eigenvalue weighted by molar-refractivity contribution is -0.142. The van der Waals surface area contributed by atoms with Gasteiger partial charge in [-0.25, -0.2) is 0 Å². The maximum absolute atomic E-state index is 12.5. The van der Waals surface area contributed by atoms with Crippen LogP contribution in [0.3, 0.4) is 0 Å². The standard InChI is InChI=1S/C16H21NO3S/c1-20-16(18)14-10-21(19)15-9-12(7-8-13(15)17-14)11-5-3-2-4-6-11/h2-6,12-15,17H,7-10H2,1H3. The third-order valence-electron chi connectivity index (χ3n) is 4.63. The molecule has 0 spiro atoms. The van der Waals surface area contributed by atoms with Crippen molar-refractivity contribution in [2.45, 2.75) is 42.5 Å². The van der Waals surface area contributed by atoms with E-state index in [2.05, 4.69) is 29.6 Å². The Morgan fingerprint density at radius 2 is 2.05 bits per heavy atom. The molecule has 1 aromatic rings. The van der Waals surface area contributed by atoms with Crippen molar-refractivity contribution >= 4 is 16.8 Å². The number of benzene rings is 1. The van der Waals surface area contributed by atoms with Gasteiger partial charge in [0.25, 0.3) is 0 Å². The molecule has 21 heavy (non-hydrogen) atoms. The summed E-state index contributed by atoms with van der Waals surface area (Å²) in [7, 11) is 0.414. The lowest BCUT2D eigenvalue weighted by atomic mass is 9.81. The summed E-state index contributed by atoms with van der Waals surface area (Å²) in [5.41, 5.74) is 1.34. The van der Waals surface area contributed by atoms with Gasteiger partial charge in [-0.05, 0) is 30.7 Å². The molecule has 0 amide bonds. The minimum absolute atomic E-state index is 0.143. The second-order valence-corrected chi connectivity index (χ2v) is 7.56. The quantitative estimate of drug-likeness (QED) is 0.843. The van der Waals surface area contributed by atoms with Gasteiger partial charge >= 0.3 is 5.97 Å². The van der Waals surface area contributed by atoms with E-state index in [9.17, 15) is 9.00 Å². The molecule has 1 saturated carbocycles. The lowest BCUT2D eigenvalue weighted by Gasteiger charge is -2.41. The summed E-state index contributed by atoms with van der Waals surface area (Å²) < 4.78 is 17.3.